The van der Waals surface area contributed by atoms with Gasteiger partial charge in [-0.1, -0.05) is 12.8 Å². The number of hydrogen-bond donors (Lipinski definition) is 2. The monoisotopic (exact) mass is 245 g/mol. The minimum Gasteiger partial charge on any atom is -0.444 e. The van der Waals surface area contributed by atoms with Crippen LogP contribution in [-0.2, 0) is 14.4 Å². The quantitative estimate of drug-likeness (QED) is 0.572. The predicted molar refractivity (Wildman–Crippen MR) is 59.3 cm³/mol. The van der Waals surface area contributed by atoms with Gasteiger partial charge in [0.2, 0.25) is 0 Å². The fourth-order valence-corrected chi connectivity index (χ4v) is 1.95. The topological polar surface area (TPSA) is 84.9 Å². The summed E-state index contributed by atoms with van der Waals surface area (Å²) in [5, 5.41) is 11.0. The Hall–Kier alpha value is -1.30. The Balaban J connectivity index is 2.68. The third-order valence-electron chi connectivity index (χ3n) is 2.67. The van der Waals surface area contributed by atoms with Crippen LogP contribution in [0.4, 0.5) is 4.79 Å². The maximum Gasteiger partial charge on any atom is 0.408 e. The highest BCUT2D eigenvalue weighted by Crippen LogP contribution is 2.31. The molecule has 0 atom stereocenters. The van der Waals surface area contributed by atoms with E-state index in [1.54, 1.807) is 20.8 Å². The van der Waals surface area contributed by atoms with E-state index in [0.29, 0.717) is 12.8 Å². The lowest BCUT2D eigenvalue weighted by molar-refractivity contribution is -0.241. The molecule has 1 fully saturated rings. The second-order valence-electron chi connectivity index (χ2n) is 5.29. The van der Waals surface area contributed by atoms with Crippen molar-refractivity contribution in [3.63, 3.8) is 0 Å². The van der Waals surface area contributed by atoms with Gasteiger partial charge in [-0.2, -0.15) is 5.26 Å². The Morgan fingerprint density at radius 2 is 1.76 bits per heavy atom. The SMILES string of the molecule is CC(C)(C)OC(=O)NC1(C(=O)OO)CCCC1. The molecule has 1 rings (SSSR count). The van der Waals surface area contributed by atoms with Gasteiger partial charge in [0.15, 0.2) is 0 Å². The molecular formula is C11H19NO5. The third-order valence-corrected chi connectivity index (χ3v) is 2.67. The zero-order chi connectivity index (χ0) is 13.1. The molecule has 0 radical (unpaired) electrons. The highest BCUT2D eigenvalue weighted by atomic mass is 17.1. The molecule has 1 aliphatic carbocycles. The van der Waals surface area contributed by atoms with Crippen molar-refractivity contribution in [2.45, 2.75) is 57.6 Å². The summed E-state index contributed by atoms with van der Waals surface area (Å²) in [4.78, 5) is 26.9. The van der Waals surface area contributed by atoms with Gasteiger partial charge in [-0.15, -0.1) is 0 Å². The van der Waals surface area contributed by atoms with Crippen LogP contribution in [-0.4, -0.2) is 28.5 Å². The van der Waals surface area contributed by atoms with Crippen molar-refractivity contribution in [1.29, 1.82) is 0 Å². The van der Waals surface area contributed by atoms with Gasteiger partial charge in [-0.3, -0.25) is 4.89 Å². The highest BCUT2D eigenvalue weighted by Gasteiger charge is 2.45. The van der Waals surface area contributed by atoms with Crippen molar-refractivity contribution in [1.82, 2.24) is 5.32 Å². The molecule has 1 amide bonds. The number of amides is 1. The van der Waals surface area contributed by atoms with Crippen LogP contribution in [0.15, 0.2) is 0 Å². The Labute approximate surface area is 100 Å². The molecular weight excluding hydrogens is 226 g/mol. The smallest absolute Gasteiger partial charge is 0.408 e. The first kappa shape index (κ1) is 13.8. The van der Waals surface area contributed by atoms with E-state index in [-0.39, 0.29) is 0 Å². The summed E-state index contributed by atoms with van der Waals surface area (Å²) in [6, 6.07) is 0. The Bertz CT molecular complexity index is 301. The molecule has 0 saturated heterocycles. The summed E-state index contributed by atoms with van der Waals surface area (Å²) < 4.78 is 5.08. The van der Waals surface area contributed by atoms with Crippen LogP contribution in [0.2, 0.25) is 0 Å². The van der Waals surface area contributed by atoms with E-state index in [1.165, 1.54) is 0 Å². The van der Waals surface area contributed by atoms with E-state index >= 15 is 0 Å². The molecule has 0 bridgehead atoms. The standard InChI is InChI=1S/C11H19NO5/c1-10(2,3)16-9(14)12-11(8(13)17-15)6-4-5-7-11/h15H,4-7H2,1-3H3,(H,12,14). The molecule has 6 heteroatoms. The van der Waals surface area contributed by atoms with Gasteiger partial charge in [-0.25, -0.2) is 9.59 Å². The molecule has 17 heavy (non-hydrogen) atoms. The van der Waals surface area contributed by atoms with Crippen molar-refractivity contribution < 1.29 is 24.5 Å². The van der Waals surface area contributed by atoms with Crippen LogP contribution >= 0.6 is 0 Å². The van der Waals surface area contributed by atoms with Crippen molar-refractivity contribution in [3.8, 4) is 0 Å². The van der Waals surface area contributed by atoms with Crippen LogP contribution in [0, 0.1) is 0 Å². The maximum absolute atomic E-state index is 11.6. The molecule has 0 aliphatic heterocycles. The minimum atomic E-state index is -1.14. The molecule has 0 aromatic heterocycles. The Kier molecular flexibility index (Phi) is 3.98. The number of carbonyl (C=O) groups excluding carboxylic acids is 2. The van der Waals surface area contributed by atoms with E-state index < -0.39 is 23.2 Å². The van der Waals surface area contributed by atoms with Gasteiger partial charge in [0.25, 0.3) is 0 Å². The molecule has 1 aliphatic rings. The van der Waals surface area contributed by atoms with E-state index in [0.717, 1.165) is 12.8 Å². The van der Waals surface area contributed by atoms with Crippen molar-refractivity contribution >= 4 is 12.1 Å². The van der Waals surface area contributed by atoms with Gasteiger partial charge >= 0.3 is 12.1 Å². The van der Waals surface area contributed by atoms with Gasteiger partial charge in [0.1, 0.15) is 11.1 Å². The summed E-state index contributed by atoms with van der Waals surface area (Å²) in [6.45, 7) is 5.20. The molecule has 0 unspecified atom stereocenters. The number of alkyl carbamates (subject to hydrolysis) is 1. The van der Waals surface area contributed by atoms with Crippen LogP contribution < -0.4 is 5.32 Å². The number of hydrogen-bond acceptors (Lipinski definition) is 5. The summed E-state index contributed by atoms with van der Waals surface area (Å²) in [7, 11) is 0. The molecule has 98 valence electrons. The summed E-state index contributed by atoms with van der Waals surface area (Å²) in [5.74, 6) is -0.833. The van der Waals surface area contributed by atoms with Crippen LogP contribution in [0.1, 0.15) is 46.5 Å². The van der Waals surface area contributed by atoms with Crippen molar-refractivity contribution in [2.75, 3.05) is 0 Å². The Morgan fingerprint density at radius 3 is 2.18 bits per heavy atom. The zero-order valence-corrected chi connectivity index (χ0v) is 10.4. The molecule has 1 saturated carbocycles. The third kappa shape index (κ3) is 3.59. The first-order valence-electron chi connectivity index (χ1n) is 5.66. The molecule has 0 aromatic carbocycles. The molecule has 0 spiro atoms. The highest BCUT2D eigenvalue weighted by molar-refractivity contribution is 5.85. The number of rotatable bonds is 2. The van der Waals surface area contributed by atoms with E-state index in [4.69, 9.17) is 9.99 Å². The van der Waals surface area contributed by atoms with Crippen LogP contribution in [0.5, 0.6) is 0 Å². The Morgan fingerprint density at radius 1 is 1.24 bits per heavy atom. The molecule has 2 N–H and O–H groups in total. The number of nitrogens with one attached hydrogen (secondary N) is 1. The average Bonchev–Trinajstić information content (AvgIpc) is 2.63. The minimum absolute atomic E-state index is 0.450. The fourth-order valence-electron chi connectivity index (χ4n) is 1.95. The van der Waals surface area contributed by atoms with Gasteiger partial charge in [0, 0.05) is 0 Å². The van der Waals surface area contributed by atoms with Gasteiger partial charge in [-0.05, 0) is 33.6 Å². The van der Waals surface area contributed by atoms with Crippen LogP contribution in [0.3, 0.4) is 0 Å². The predicted octanol–water partition coefficient (Wildman–Crippen LogP) is 1.84. The van der Waals surface area contributed by atoms with Crippen LogP contribution in [0.25, 0.3) is 0 Å². The van der Waals surface area contributed by atoms with Crippen molar-refractivity contribution in [3.05, 3.63) is 0 Å². The summed E-state index contributed by atoms with van der Waals surface area (Å²) in [5.41, 5.74) is -1.77. The normalized spacial score (nSPS) is 18.6. The second-order valence-corrected chi connectivity index (χ2v) is 5.29. The molecule has 0 aromatic rings. The summed E-state index contributed by atoms with van der Waals surface area (Å²) >= 11 is 0. The average molecular weight is 245 g/mol. The molecule has 0 heterocycles. The number of carbonyl (C=O) groups is 2. The maximum atomic E-state index is 11.6. The van der Waals surface area contributed by atoms with E-state index in [2.05, 4.69) is 10.2 Å². The second kappa shape index (κ2) is 4.91. The summed E-state index contributed by atoms with van der Waals surface area (Å²) in [6.07, 6.45) is 1.82. The fraction of sp³-hybridized carbons (Fsp3) is 0.818. The first-order valence-corrected chi connectivity index (χ1v) is 5.66. The van der Waals surface area contributed by atoms with Gasteiger partial charge < -0.3 is 10.1 Å². The van der Waals surface area contributed by atoms with E-state index in [9.17, 15) is 9.59 Å². The van der Waals surface area contributed by atoms with Gasteiger partial charge in [0.05, 0.1) is 0 Å². The lowest BCUT2D eigenvalue weighted by atomic mass is 9.98. The lowest BCUT2D eigenvalue weighted by Gasteiger charge is -2.28. The lowest BCUT2D eigenvalue weighted by Crippen LogP contribution is -2.54. The molecule has 6 nitrogen and oxygen atoms in total. The zero-order valence-electron chi connectivity index (χ0n) is 10.4. The first-order chi connectivity index (χ1) is 7.79. The number of ether oxygens (including phenoxy) is 1. The van der Waals surface area contributed by atoms with E-state index in [1.807, 2.05) is 0 Å². The van der Waals surface area contributed by atoms with Crippen molar-refractivity contribution in [2.24, 2.45) is 0 Å². The largest absolute Gasteiger partial charge is 0.444 e.